The van der Waals surface area contributed by atoms with E-state index in [1.807, 2.05) is 6.92 Å². The van der Waals surface area contributed by atoms with E-state index in [0.717, 1.165) is 0 Å². The molecule has 0 radical (unpaired) electrons. The number of carbonyl (C=O) groups is 2. The van der Waals surface area contributed by atoms with Crippen molar-refractivity contribution in [3.63, 3.8) is 0 Å². The number of likely N-dealkylation sites (tertiary alicyclic amines) is 1. The van der Waals surface area contributed by atoms with Gasteiger partial charge in [0.05, 0.1) is 5.92 Å². The van der Waals surface area contributed by atoms with E-state index in [2.05, 4.69) is 6.58 Å². The van der Waals surface area contributed by atoms with Gasteiger partial charge in [-0.2, -0.15) is 0 Å². The molecule has 4 nitrogen and oxygen atoms in total. The normalized spacial score (nSPS) is 27.3. The highest BCUT2D eigenvalue weighted by Gasteiger charge is 2.35. The Kier molecular flexibility index (Phi) is 2.70. The van der Waals surface area contributed by atoms with Gasteiger partial charge in [0.15, 0.2) is 0 Å². The van der Waals surface area contributed by atoms with Crippen LogP contribution in [0.15, 0.2) is 12.7 Å². The van der Waals surface area contributed by atoms with Crippen LogP contribution in [0.4, 0.5) is 0 Å². The van der Waals surface area contributed by atoms with Crippen LogP contribution in [-0.4, -0.2) is 35.0 Å². The van der Waals surface area contributed by atoms with E-state index >= 15 is 0 Å². The summed E-state index contributed by atoms with van der Waals surface area (Å²) in [6, 6.07) is 0. The summed E-state index contributed by atoms with van der Waals surface area (Å²) in [6.45, 7) is 6.03. The number of hydrogen-bond donors (Lipinski definition) is 1. The lowest BCUT2D eigenvalue weighted by Crippen LogP contribution is -2.28. The molecule has 4 heteroatoms. The summed E-state index contributed by atoms with van der Waals surface area (Å²) in [5, 5.41) is 8.79. The smallest absolute Gasteiger partial charge is 0.308 e. The summed E-state index contributed by atoms with van der Waals surface area (Å²) in [6.07, 6.45) is 1.22. The fraction of sp³-hybridized carbons (Fsp3) is 0.556. The molecular weight excluding hydrogens is 170 g/mol. The number of nitrogens with zero attached hydrogens (tertiary/aromatic N) is 1. The number of carboxylic acids is 1. The van der Waals surface area contributed by atoms with Crippen molar-refractivity contribution in [2.24, 2.45) is 11.8 Å². The maximum absolute atomic E-state index is 11.1. The average molecular weight is 183 g/mol. The molecule has 1 heterocycles. The van der Waals surface area contributed by atoms with Gasteiger partial charge < -0.3 is 10.0 Å². The zero-order chi connectivity index (χ0) is 10.0. The molecule has 0 unspecified atom stereocenters. The fourth-order valence-electron chi connectivity index (χ4n) is 1.60. The summed E-state index contributed by atoms with van der Waals surface area (Å²) in [5.41, 5.74) is 0. The van der Waals surface area contributed by atoms with Gasteiger partial charge in [-0.1, -0.05) is 13.5 Å². The summed E-state index contributed by atoms with van der Waals surface area (Å²) in [7, 11) is 0. The van der Waals surface area contributed by atoms with Gasteiger partial charge >= 0.3 is 5.97 Å². The SMILES string of the molecule is C=CC(=O)N1C[C@@H](C)[C@H](C(=O)O)C1. The molecule has 0 aromatic heterocycles. The lowest BCUT2D eigenvalue weighted by molar-refractivity contribution is -0.142. The summed E-state index contributed by atoms with van der Waals surface area (Å²) in [5.74, 6) is -1.41. The Labute approximate surface area is 76.8 Å². The highest BCUT2D eigenvalue weighted by atomic mass is 16.4. The molecule has 1 amide bonds. The number of carbonyl (C=O) groups excluding carboxylic acids is 1. The average Bonchev–Trinajstić information content (AvgIpc) is 2.46. The van der Waals surface area contributed by atoms with Gasteiger partial charge in [0.25, 0.3) is 0 Å². The number of aliphatic carboxylic acids is 1. The van der Waals surface area contributed by atoms with Gasteiger partial charge in [-0.15, -0.1) is 0 Å². The quantitative estimate of drug-likeness (QED) is 0.628. The molecule has 0 spiro atoms. The monoisotopic (exact) mass is 183 g/mol. The van der Waals surface area contributed by atoms with E-state index in [1.54, 1.807) is 0 Å². The molecule has 0 bridgehead atoms. The van der Waals surface area contributed by atoms with Gasteiger partial charge in [0, 0.05) is 13.1 Å². The first-order valence-corrected chi connectivity index (χ1v) is 4.20. The third kappa shape index (κ3) is 1.88. The third-order valence-corrected chi connectivity index (χ3v) is 2.42. The Morgan fingerprint density at radius 3 is 2.54 bits per heavy atom. The summed E-state index contributed by atoms with van der Waals surface area (Å²) in [4.78, 5) is 23.4. The fourth-order valence-corrected chi connectivity index (χ4v) is 1.60. The second kappa shape index (κ2) is 3.60. The van der Waals surface area contributed by atoms with Crippen LogP contribution < -0.4 is 0 Å². The Hall–Kier alpha value is -1.32. The van der Waals surface area contributed by atoms with Crippen LogP contribution in [0.1, 0.15) is 6.92 Å². The molecule has 1 aliphatic rings. The van der Waals surface area contributed by atoms with Crippen molar-refractivity contribution in [1.82, 2.24) is 4.90 Å². The molecule has 1 fully saturated rings. The Bertz CT molecular complexity index is 249. The first-order valence-electron chi connectivity index (χ1n) is 4.20. The molecule has 1 aliphatic heterocycles. The molecule has 1 rings (SSSR count). The van der Waals surface area contributed by atoms with E-state index in [9.17, 15) is 9.59 Å². The number of hydrogen-bond acceptors (Lipinski definition) is 2. The maximum atomic E-state index is 11.1. The molecule has 2 atom stereocenters. The second-order valence-corrected chi connectivity index (χ2v) is 3.37. The second-order valence-electron chi connectivity index (χ2n) is 3.37. The van der Waals surface area contributed by atoms with Crippen LogP contribution >= 0.6 is 0 Å². The molecule has 0 aliphatic carbocycles. The van der Waals surface area contributed by atoms with Crippen LogP contribution in [0.2, 0.25) is 0 Å². The van der Waals surface area contributed by atoms with Crippen molar-refractivity contribution in [3.8, 4) is 0 Å². The Balaban J connectivity index is 2.64. The van der Waals surface area contributed by atoms with Crippen molar-refractivity contribution in [2.45, 2.75) is 6.92 Å². The molecule has 13 heavy (non-hydrogen) atoms. The van der Waals surface area contributed by atoms with Crippen molar-refractivity contribution < 1.29 is 14.7 Å². The minimum Gasteiger partial charge on any atom is -0.481 e. The van der Waals surface area contributed by atoms with E-state index in [-0.39, 0.29) is 11.8 Å². The van der Waals surface area contributed by atoms with Gasteiger partial charge in [0.2, 0.25) is 5.91 Å². The zero-order valence-electron chi connectivity index (χ0n) is 7.56. The molecule has 0 saturated carbocycles. The standard InChI is InChI=1S/C9H13NO3/c1-3-8(11)10-4-6(2)7(5-10)9(12)13/h3,6-7H,1,4-5H2,2H3,(H,12,13)/t6-,7-/m1/s1. The van der Waals surface area contributed by atoms with E-state index < -0.39 is 11.9 Å². The Morgan fingerprint density at radius 1 is 1.54 bits per heavy atom. The van der Waals surface area contributed by atoms with Crippen molar-refractivity contribution in [2.75, 3.05) is 13.1 Å². The Morgan fingerprint density at radius 2 is 2.15 bits per heavy atom. The minimum absolute atomic E-state index is 0.0291. The zero-order valence-corrected chi connectivity index (χ0v) is 7.56. The van der Waals surface area contributed by atoms with Crippen LogP contribution in [0.5, 0.6) is 0 Å². The van der Waals surface area contributed by atoms with E-state index in [1.165, 1.54) is 11.0 Å². The number of amides is 1. The maximum Gasteiger partial charge on any atom is 0.308 e. The molecule has 0 aromatic carbocycles. The minimum atomic E-state index is -0.827. The number of rotatable bonds is 2. The van der Waals surface area contributed by atoms with Crippen LogP contribution in [0.3, 0.4) is 0 Å². The topological polar surface area (TPSA) is 57.6 Å². The van der Waals surface area contributed by atoms with Crippen molar-refractivity contribution >= 4 is 11.9 Å². The highest BCUT2D eigenvalue weighted by molar-refractivity contribution is 5.88. The lowest BCUT2D eigenvalue weighted by atomic mass is 9.99. The van der Waals surface area contributed by atoms with Crippen LogP contribution in [-0.2, 0) is 9.59 Å². The summed E-state index contributed by atoms with van der Waals surface area (Å²) < 4.78 is 0. The first kappa shape index (κ1) is 9.77. The van der Waals surface area contributed by atoms with Crippen molar-refractivity contribution in [3.05, 3.63) is 12.7 Å². The van der Waals surface area contributed by atoms with Crippen LogP contribution in [0, 0.1) is 11.8 Å². The van der Waals surface area contributed by atoms with Gasteiger partial charge in [-0.05, 0) is 12.0 Å². The van der Waals surface area contributed by atoms with Gasteiger partial charge in [-0.3, -0.25) is 9.59 Å². The number of carboxylic acid groups (broad SMARTS) is 1. The predicted octanol–water partition coefficient (Wildman–Crippen LogP) is 0.352. The largest absolute Gasteiger partial charge is 0.481 e. The molecular formula is C9H13NO3. The van der Waals surface area contributed by atoms with Gasteiger partial charge in [-0.25, -0.2) is 0 Å². The predicted molar refractivity (Wildman–Crippen MR) is 47.1 cm³/mol. The first-order chi connectivity index (χ1) is 6.06. The lowest BCUT2D eigenvalue weighted by Gasteiger charge is -2.12. The van der Waals surface area contributed by atoms with Gasteiger partial charge in [0.1, 0.15) is 0 Å². The van der Waals surface area contributed by atoms with E-state index in [4.69, 9.17) is 5.11 Å². The summed E-state index contributed by atoms with van der Waals surface area (Å²) >= 11 is 0. The molecule has 1 N–H and O–H groups in total. The third-order valence-electron chi connectivity index (χ3n) is 2.42. The highest BCUT2D eigenvalue weighted by Crippen LogP contribution is 2.22. The van der Waals surface area contributed by atoms with Crippen molar-refractivity contribution in [1.29, 1.82) is 0 Å². The van der Waals surface area contributed by atoms with Crippen LogP contribution in [0.25, 0.3) is 0 Å². The molecule has 0 aromatic rings. The van der Waals surface area contributed by atoms with E-state index in [0.29, 0.717) is 13.1 Å². The molecule has 1 saturated heterocycles. The molecule has 72 valence electrons.